The Morgan fingerprint density at radius 2 is 1.34 bits per heavy atom. The van der Waals surface area contributed by atoms with E-state index in [4.69, 9.17) is 4.43 Å². The number of amides is 2. The van der Waals surface area contributed by atoms with E-state index in [1.54, 1.807) is 24.3 Å². The summed E-state index contributed by atoms with van der Waals surface area (Å²) in [6.45, 7) is 12.7. The first-order valence-corrected chi connectivity index (χ1v) is 17.9. The number of unbranched alkanes of at least 4 members (excludes halogenated alkanes) is 11. The van der Waals surface area contributed by atoms with Crippen LogP contribution in [0.2, 0.25) is 18.1 Å². The fraction of sp³-hybridized carbons (Fsp3) is 0.688. The van der Waals surface area contributed by atoms with Crippen molar-refractivity contribution in [3.63, 3.8) is 0 Å². The summed E-state index contributed by atoms with van der Waals surface area (Å²) in [5.41, 5.74) is 0.791. The lowest BCUT2D eigenvalue weighted by atomic mass is 10.0. The lowest BCUT2D eigenvalue weighted by Crippen LogP contribution is -2.54. The van der Waals surface area contributed by atoms with E-state index < -0.39 is 20.5 Å². The van der Waals surface area contributed by atoms with Gasteiger partial charge >= 0.3 is 0 Å². The Kier molecular flexibility index (Phi) is 13.4. The van der Waals surface area contributed by atoms with E-state index in [2.05, 4.69) is 46.9 Å². The van der Waals surface area contributed by atoms with Gasteiger partial charge in [-0.2, -0.15) is 0 Å². The van der Waals surface area contributed by atoms with Crippen molar-refractivity contribution in [1.82, 2.24) is 4.90 Å². The number of imide groups is 1. The fourth-order valence-corrected chi connectivity index (χ4v) is 6.03. The first-order chi connectivity index (χ1) is 18.0. The monoisotopic (exact) mass is 543 g/mol. The molecule has 0 radical (unpaired) electrons. The van der Waals surface area contributed by atoms with Crippen molar-refractivity contribution in [3.8, 4) is 0 Å². The van der Waals surface area contributed by atoms with Gasteiger partial charge in [-0.05, 0) is 43.1 Å². The maximum atomic E-state index is 13.2. The van der Waals surface area contributed by atoms with E-state index in [9.17, 15) is 14.7 Å². The third-order valence-electron chi connectivity index (χ3n) is 8.26. The Hall–Kier alpha value is -1.76. The number of carbonyl (C=O) groups excluding carboxylic acids is 2. The molecule has 1 aromatic carbocycles. The van der Waals surface area contributed by atoms with Gasteiger partial charge in [0, 0.05) is 0 Å². The molecule has 2 amide bonds. The van der Waals surface area contributed by atoms with Gasteiger partial charge in [0.05, 0.1) is 29.9 Å². The van der Waals surface area contributed by atoms with Crippen LogP contribution in [0.25, 0.3) is 0 Å². The Labute approximate surface area is 233 Å². The summed E-state index contributed by atoms with van der Waals surface area (Å²) in [7, 11) is -2.24. The van der Waals surface area contributed by atoms with Crippen LogP contribution in [0.3, 0.4) is 0 Å². The molecule has 1 aromatic rings. The predicted molar refractivity (Wildman–Crippen MR) is 160 cm³/mol. The minimum absolute atomic E-state index is 0.0446. The zero-order valence-electron chi connectivity index (χ0n) is 24.9. The van der Waals surface area contributed by atoms with E-state index in [0.717, 1.165) is 12.8 Å². The van der Waals surface area contributed by atoms with Gasteiger partial charge in [-0.25, -0.2) is 0 Å². The van der Waals surface area contributed by atoms with Gasteiger partial charge in [0.25, 0.3) is 11.8 Å². The molecule has 5 nitrogen and oxygen atoms in total. The third kappa shape index (κ3) is 9.17. The number of aliphatic hydroxyl groups is 1. The van der Waals surface area contributed by atoms with Crippen LogP contribution in [-0.4, -0.2) is 48.9 Å². The Morgan fingerprint density at radius 1 is 0.868 bits per heavy atom. The Balaban J connectivity index is 1.97. The minimum atomic E-state index is -2.24. The molecule has 0 aliphatic carbocycles. The molecular weight excluding hydrogens is 490 g/mol. The van der Waals surface area contributed by atoms with E-state index in [-0.39, 0.29) is 23.5 Å². The topological polar surface area (TPSA) is 66.8 Å². The first kappa shape index (κ1) is 32.4. The molecule has 0 saturated carbocycles. The Morgan fingerprint density at radius 3 is 1.79 bits per heavy atom. The molecular formula is C32H53NO4Si. The average Bonchev–Trinajstić information content (AvgIpc) is 3.12. The van der Waals surface area contributed by atoms with Crippen molar-refractivity contribution in [2.24, 2.45) is 0 Å². The number of hydrogen-bond acceptors (Lipinski definition) is 4. The standard InChI is InChI=1S/C32H53NO4Si/c1-7-8-9-10-11-12-13-14-15-16-17-18-19-24-29(37-38(5,6)32(2,3)4)28(25-34)33-30(35)26-22-20-21-23-27(26)31(33)36/h19-24,28-29,34H,7-18,25H2,1-6H3/b24-19+/t28-,29+/m0/s1. The largest absolute Gasteiger partial charge is 0.408 e. The molecule has 1 heterocycles. The number of rotatable bonds is 18. The van der Waals surface area contributed by atoms with E-state index in [1.165, 1.54) is 69.1 Å². The minimum Gasteiger partial charge on any atom is -0.408 e. The van der Waals surface area contributed by atoms with Crippen LogP contribution >= 0.6 is 0 Å². The van der Waals surface area contributed by atoms with Gasteiger partial charge in [-0.1, -0.05) is 116 Å². The lowest BCUT2D eigenvalue weighted by Gasteiger charge is -2.41. The zero-order chi connectivity index (χ0) is 28.2. The van der Waals surface area contributed by atoms with Gasteiger partial charge in [0.1, 0.15) is 0 Å². The highest BCUT2D eigenvalue weighted by Gasteiger charge is 2.45. The maximum Gasteiger partial charge on any atom is 0.261 e. The van der Waals surface area contributed by atoms with Crippen molar-refractivity contribution in [3.05, 3.63) is 47.5 Å². The van der Waals surface area contributed by atoms with E-state index in [1.807, 2.05) is 6.08 Å². The van der Waals surface area contributed by atoms with Crippen LogP contribution in [0.4, 0.5) is 0 Å². The number of benzene rings is 1. The van der Waals surface area contributed by atoms with Crippen molar-refractivity contribution in [2.45, 2.75) is 135 Å². The summed E-state index contributed by atoms with van der Waals surface area (Å²) < 4.78 is 6.72. The Bertz CT molecular complexity index is 870. The van der Waals surface area contributed by atoms with Crippen LogP contribution in [0.5, 0.6) is 0 Å². The SMILES string of the molecule is CCCCCCCCCCCCC/C=C/[C@@H](O[Si](C)(C)C(C)(C)C)[C@H](CO)N1C(=O)c2ccccc2C1=O. The smallest absolute Gasteiger partial charge is 0.261 e. The van der Waals surface area contributed by atoms with E-state index >= 15 is 0 Å². The summed E-state index contributed by atoms with van der Waals surface area (Å²) >= 11 is 0. The van der Waals surface area contributed by atoms with Crippen molar-refractivity contribution < 1.29 is 19.1 Å². The van der Waals surface area contributed by atoms with Crippen LogP contribution < -0.4 is 0 Å². The van der Waals surface area contributed by atoms with E-state index in [0.29, 0.717) is 11.1 Å². The van der Waals surface area contributed by atoms with Crippen molar-refractivity contribution in [1.29, 1.82) is 0 Å². The molecule has 2 atom stereocenters. The summed E-state index contributed by atoms with van der Waals surface area (Å²) in [6.07, 6.45) is 18.9. The first-order valence-electron chi connectivity index (χ1n) is 15.0. The number of nitrogens with zero attached hydrogens (tertiary/aromatic N) is 1. The highest BCUT2D eigenvalue weighted by atomic mass is 28.4. The molecule has 0 saturated heterocycles. The molecule has 0 spiro atoms. The van der Waals surface area contributed by atoms with Crippen molar-refractivity contribution in [2.75, 3.05) is 6.61 Å². The van der Waals surface area contributed by atoms with Gasteiger partial charge in [-0.3, -0.25) is 14.5 Å². The van der Waals surface area contributed by atoms with Gasteiger partial charge in [0.15, 0.2) is 8.32 Å². The summed E-state index contributed by atoms with van der Waals surface area (Å²) in [5, 5.41) is 10.4. The molecule has 38 heavy (non-hydrogen) atoms. The molecule has 6 heteroatoms. The summed E-state index contributed by atoms with van der Waals surface area (Å²) in [4.78, 5) is 27.6. The maximum absolute atomic E-state index is 13.2. The molecule has 0 aromatic heterocycles. The fourth-order valence-electron chi connectivity index (χ4n) is 4.76. The number of aliphatic hydroxyl groups excluding tert-OH is 1. The summed E-state index contributed by atoms with van der Waals surface area (Å²) in [5.74, 6) is -0.709. The number of fused-ring (bicyclic) bond motifs is 1. The second kappa shape index (κ2) is 15.7. The summed E-state index contributed by atoms with van der Waals surface area (Å²) in [6, 6.07) is 6.12. The highest BCUT2D eigenvalue weighted by Crippen LogP contribution is 2.38. The highest BCUT2D eigenvalue weighted by molar-refractivity contribution is 6.74. The third-order valence-corrected chi connectivity index (χ3v) is 12.7. The molecule has 2 rings (SSSR count). The number of allylic oxidation sites excluding steroid dienone is 1. The lowest BCUT2D eigenvalue weighted by molar-refractivity contribution is 0.0319. The van der Waals surface area contributed by atoms with Crippen molar-refractivity contribution >= 4 is 20.1 Å². The molecule has 214 valence electrons. The second-order valence-electron chi connectivity index (χ2n) is 12.4. The molecule has 0 fully saturated rings. The second-order valence-corrected chi connectivity index (χ2v) is 17.1. The number of hydrogen-bond donors (Lipinski definition) is 1. The quantitative estimate of drug-likeness (QED) is 0.0875. The van der Waals surface area contributed by atoms with Crippen LogP contribution in [0.15, 0.2) is 36.4 Å². The normalized spacial score (nSPS) is 15.9. The molecule has 0 bridgehead atoms. The molecule has 0 unspecified atom stereocenters. The zero-order valence-corrected chi connectivity index (χ0v) is 25.9. The predicted octanol–water partition coefficient (Wildman–Crippen LogP) is 8.29. The van der Waals surface area contributed by atoms with Crippen LogP contribution in [-0.2, 0) is 4.43 Å². The van der Waals surface area contributed by atoms with Gasteiger partial charge < -0.3 is 9.53 Å². The molecule has 1 aliphatic rings. The number of carbonyl (C=O) groups is 2. The van der Waals surface area contributed by atoms with Crippen LogP contribution in [0, 0.1) is 0 Å². The molecule has 1 aliphatic heterocycles. The van der Waals surface area contributed by atoms with Gasteiger partial charge in [-0.15, -0.1) is 0 Å². The molecule has 1 N–H and O–H groups in total. The average molecular weight is 544 g/mol. The van der Waals surface area contributed by atoms with Crippen LogP contribution in [0.1, 0.15) is 125 Å². The van der Waals surface area contributed by atoms with Gasteiger partial charge in [0.2, 0.25) is 0 Å².